The van der Waals surface area contributed by atoms with E-state index in [1.165, 1.54) is 6.08 Å². The van der Waals surface area contributed by atoms with Crippen molar-refractivity contribution in [3.63, 3.8) is 0 Å². The Morgan fingerprint density at radius 2 is 1.94 bits per heavy atom. The Kier molecular flexibility index (Phi) is 6.55. The number of benzene rings is 1. The Labute approximate surface area is 187 Å². The van der Waals surface area contributed by atoms with Crippen LogP contribution in [0.3, 0.4) is 0 Å². The van der Waals surface area contributed by atoms with Crippen molar-refractivity contribution in [2.45, 2.75) is 26.9 Å². The minimum Gasteiger partial charge on any atom is -0.307 e. The van der Waals surface area contributed by atoms with Crippen LogP contribution in [-0.2, 0) is 17.9 Å². The quantitative estimate of drug-likeness (QED) is 0.421. The summed E-state index contributed by atoms with van der Waals surface area (Å²) in [6, 6.07) is 15.8. The zero-order valence-corrected chi connectivity index (χ0v) is 18.2. The average Bonchev–Trinajstić information content (AvgIpc) is 3.40. The number of amides is 1. The van der Waals surface area contributed by atoms with Gasteiger partial charge in [0.25, 0.3) is 0 Å². The van der Waals surface area contributed by atoms with Crippen LogP contribution < -0.4 is 5.32 Å². The molecule has 4 aromatic rings. The maximum absolute atomic E-state index is 12.6. The Balaban J connectivity index is 1.56. The van der Waals surface area contributed by atoms with E-state index in [4.69, 9.17) is 5.10 Å². The SMILES string of the molecule is CC(C)Cn1nccc1NC(=O)/C=C/c1cn(Cc2ccccc2)nc1-c1cccnc1. The molecule has 0 bridgehead atoms. The first kappa shape index (κ1) is 21.2. The number of anilines is 1. The molecule has 4 rings (SSSR count). The van der Waals surface area contributed by atoms with Gasteiger partial charge in [-0.25, -0.2) is 4.68 Å². The van der Waals surface area contributed by atoms with Crippen molar-refractivity contribution in [2.24, 2.45) is 5.92 Å². The third-order valence-electron chi connectivity index (χ3n) is 4.83. The van der Waals surface area contributed by atoms with Crippen LogP contribution in [0.5, 0.6) is 0 Å². The van der Waals surface area contributed by atoms with E-state index < -0.39 is 0 Å². The van der Waals surface area contributed by atoms with Gasteiger partial charge in [0, 0.05) is 48.4 Å². The minimum absolute atomic E-state index is 0.219. The molecule has 0 spiro atoms. The Morgan fingerprint density at radius 1 is 1.09 bits per heavy atom. The number of carbonyl (C=O) groups is 1. The largest absolute Gasteiger partial charge is 0.307 e. The summed E-state index contributed by atoms with van der Waals surface area (Å²) in [5, 5.41) is 11.9. The van der Waals surface area contributed by atoms with E-state index in [1.54, 1.807) is 35.4 Å². The normalized spacial score (nSPS) is 11.3. The standard InChI is InChI=1S/C25H26N6O/c1-19(2)16-31-23(12-14-27-31)28-24(32)11-10-22-18-30(17-20-7-4-3-5-8-20)29-25(22)21-9-6-13-26-15-21/h3-15,18-19H,16-17H2,1-2H3,(H,28,32)/b11-10+. The topological polar surface area (TPSA) is 77.6 Å². The van der Waals surface area contributed by atoms with Crippen LogP contribution in [0.25, 0.3) is 17.3 Å². The van der Waals surface area contributed by atoms with Crippen LogP contribution in [-0.4, -0.2) is 30.5 Å². The molecule has 0 aliphatic heterocycles. The van der Waals surface area contributed by atoms with Crippen molar-refractivity contribution in [3.05, 3.63) is 90.5 Å². The second kappa shape index (κ2) is 9.87. The van der Waals surface area contributed by atoms with Crippen molar-refractivity contribution in [1.29, 1.82) is 0 Å². The highest BCUT2D eigenvalue weighted by Crippen LogP contribution is 2.23. The van der Waals surface area contributed by atoms with Crippen molar-refractivity contribution >= 4 is 17.8 Å². The Morgan fingerprint density at radius 3 is 2.69 bits per heavy atom. The van der Waals surface area contributed by atoms with Crippen molar-refractivity contribution < 1.29 is 4.79 Å². The van der Waals surface area contributed by atoms with Crippen LogP contribution in [0.15, 0.2) is 79.4 Å². The van der Waals surface area contributed by atoms with Gasteiger partial charge in [-0.1, -0.05) is 44.2 Å². The number of nitrogens with one attached hydrogen (secondary N) is 1. The highest BCUT2D eigenvalue weighted by atomic mass is 16.1. The zero-order valence-electron chi connectivity index (χ0n) is 18.2. The van der Waals surface area contributed by atoms with Gasteiger partial charge < -0.3 is 5.32 Å². The molecular formula is C25H26N6O. The van der Waals surface area contributed by atoms with Crippen molar-refractivity contribution in [2.75, 3.05) is 5.32 Å². The van der Waals surface area contributed by atoms with Crippen LogP contribution in [0.2, 0.25) is 0 Å². The van der Waals surface area contributed by atoms with E-state index in [-0.39, 0.29) is 5.91 Å². The number of hydrogen-bond donors (Lipinski definition) is 1. The fraction of sp³-hybridized carbons (Fsp3) is 0.200. The summed E-state index contributed by atoms with van der Waals surface area (Å²) in [6.07, 6.45) is 10.5. The third kappa shape index (κ3) is 5.37. The van der Waals surface area contributed by atoms with Crippen molar-refractivity contribution in [1.82, 2.24) is 24.5 Å². The second-order valence-corrected chi connectivity index (χ2v) is 7.97. The van der Waals surface area contributed by atoms with Gasteiger partial charge in [0.2, 0.25) is 5.91 Å². The first-order valence-electron chi connectivity index (χ1n) is 10.6. The molecule has 1 N–H and O–H groups in total. The summed E-state index contributed by atoms with van der Waals surface area (Å²) in [4.78, 5) is 16.8. The predicted molar refractivity (Wildman–Crippen MR) is 126 cm³/mol. The van der Waals surface area contributed by atoms with Gasteiger partial charge in [-0.15, -0.1) is 0 Å². The monoisotopic (exact) mass is 426 g/mol. The molecule has 1 aromatic carbocycles. The van der Waals surface area contributed by atoms with E-state index in [9.17, 15) is 4.79 Å². The van der Waals surface area contributed by atoms with Gasteiger partial charge in [-0.3, -0.25) is 14.5 Å². The maximum atomic E-state index is 12.6. The lowest BCUT2D eigenvalue weighted by atomic mass is 10.1. The molecule has 0 atom stereocenters. The fourth-order valence-corrected chi connectivity index (χ4v) is 3.40. The van der Waals surface area contributed by atoms with Crippen LogP contribution in [0.1, 0.15) is 25.0 Å². The molecule has 3 aromatic heterocycles. The molecule has 7 nitrogen and oxygen atoms in total. The van der Waals surface area contributed by atoms with Gasteiger partial charge in [-0.05, 0) is 29.7 Å². The maximum Gasteiger partial charge on any atom is 0.249 e. The Hall–Kier alpha value is -4.00. The van der Waals surface area contributed by atoms with E-state index in [0.29, 0.717) is 18.3 Å². The number of hydrogen-bond acceptors (Lipinski definition) is 4. The smallest absolute Gasteiger partial charge is 0.249 e. The lowest BCUT2D eigenvalue weighted by molar-refractivity contribution is -0.111. The molecular weight excluding hydrogens is 400 g/mol. The lowest BCUT2D eigenvalue weighted by Crippen LogP contribution is -2.15. The lowest BCUT2D eigenvalue weighted by Gasteiger charge is -2.09. The van der Waals surface area contributed by atoms with Gasteiger partial charge in [-0.2, -0.15) is 10.2 Å². The van der Waals surface area contributed by atoms with Crippen molar-refractivity contribution in [3.8, 4) is 11.3 Å². The second-order valence-electron chi connectivity index (χ2n) is 7.97. The molecule has 0 fully saturated rings. The highest BCUT2D eigenvalue weighted by Gasteiger charge is 2.11. The predicted octanol–water partition coefficient (Wildman–Crippen LogP) is 4.50. The van der Waals surface area contributed by atoms with Gasteiger partial charge in [0.05, 0.1) is 12.7 Å². The molecule has 32 heavy (non-hydrogen) atoms. The Bertz CT molecular complexity index is 1190. The molecule has 162 valence electrons. The summed E-state index contributed by atoms with van der Waals surface area (Å²) in [5.41, 5.74) is 3.68. The van der Waals surface area contributed by atoms with Crippen LogP contribution >= 0.6 is 0 Å². The molecule has 0 unspecified atom stereocenters. The number of carbonyl (C=O) groups excluding carboxylic acids is 1. The molecule has 0 aliphatic carbocycles. The molecule has 1 amide bonds. The summed E-state index contributed by atoms with van der Waals surface area (Å²) >= 11 is 0. The summed E-state index contributed by atoms with van der Waals surface area (Å²) in [7, 11) is 0. The van der Waals surface area contributed by atoms with Gasteiger partial charge in [0.15, 0.2) is 0 Å². The summed E-state index contributed by atoms with van der Waals surface area (Å²) in [6.45, 7) is 5.60. The van der Waals surface area contributed by atoms with Gasteiger partial charge in [0.1, 0.15) is 11.5 Å². The van der Waals surface area contributed by atoms with E-state index in [1.807, 2.05) is 41.2 Å². The third-order valence-corrected chi connectivity index (χ3v) is 4.83. The van der Waals surface area contributed by atoms with E-state index in [0.717, 1.165) is 28.9 Å². The van der Waals surface area contributed by atoms with Crippen LogP contribution in [0, 0.1) is 5.92 Å². The molecule has 0 aliphatic rings. The van der Waals surface area contributed by atoms with E-state index in [2.05, 4.69) is 41.4 Å². The number of nitrogens with zero attached hydrogens (tertiary/aromatic N) is 5. The highest BCUT2D eigenvalue weighted by molar-refractivity contribution is 6.01. The molecule has 7 heteroatoms. The number of rotatable bonds is 8. The van der Waals surface area contributed by atoms with E-state index >= 15 is 0 Å². The average molecular weight is 427 g/mol. The summed E-state index contributed by atoms with van der Waals surface area (Å²) in [5.74, 6) is 0.891. The van der Waals surface area contributed by atoms with Crippen LogP contribution in [0.4, 0.5) is 5.82 Å². The molecule has 0 saturated carbocycles. The first-order chi connectivity index (χ1) is 15.6. The number of aromatic nitrogens is 5. The molecule has 0 radical (unpaired) electrons. The van der Waals surface area contributed by atoms with Gasteiger partial charge >= 0.3 is 0 Å². The molecule has 0 saturated heterocycles. The zero-order chi connectivity index (χ0) is 22.3. The number of pyridine rings is 1. The fourth-order valence-electron chi connectivity index (χ4n) is 3.40. The molecule has 3 heterocycles. The first-order valence-corrected chi connectivity index (χ1v) is 10.6. The minimum atomic E-state index is -0.219. The summed E-state index contributed by atoms with van der Waals surface area (Å²) < 4.78 is 3.68.